The molecule has 0 spiro atoms. The summed E-state index contributed by atoms with van der Waals surface area (Å²) in [4.78, 5) is 5.05. The van der Waals surface area contributed by atoms with E-state index in [0.717, 1.165) is 49.0 Å². The Bertz CT molecular complexity index is 1370. The standard InChI is InChI=1S/C34H42N2O/c1-7-24-10-9-11-25(8-2)33(24)30-19-28-29(34(16-17-34)32(37)18-22(3)4)21-36(31(28)20-35-30)27-14-12-26(13-15-27)23(5)6/h9-15,19-23,32,37H,7-8,16-18H2,1-6H3. The maximum absolute atomic E-state index is 11.4. The van der Waals surface area contributed by atoms with Crippen LogP contribution >= 0.6 is 0 Å². The van der Waals surface area contributed by atoms with Gasteiger partial charge in [-0.25, -0.2) is 0 Å². The highest BCUT2D eigenvalue weighted by Gasteiger charge is 2.51. The van der Waals surface area contributed by atoms with E-state index in [1.807, 2.05) is 0 Å². The second-order valence-corrected chi connectivity index (χ2v) is 11.7. The van der Waals surface area contributed by atoms with Crippen molar-refractivity contribution in [2.45, 2.75) is 91.1 Å². The van der Waals surface area contributed by atoms with Crippen LogP contribution < -0.4 is 0 Å². The molecule has 1 aliphatic carbocycles. The van der Waals surface area contributed by atoms with Crippen LogP contribution in [0.25, 0.3) is 27.8 Å². The minimum Gasteiger partial charge on any atom is -0.392 e. The van der Waals surface area contributed by atoms with Crippen LogP contribution in [-0.4, -0.2) is 20.8 Å². The van der Waals surface area contributed by atoms with E-state index in [1.54, 1.807) is 0 Å². The van der Waals surface area contributed by atoms with Crippen molar-refractivity contribution in [3.63, 3.8) is 0 Å². The summed E-state index contributed by atoms with van der Waals surface area (Å²) >= 11 is 0. The van der Waals surface area contributed by atoms with Gasteiger partial charge in [-0.15, -0.1) is 0 Å². The zero-order chi connectivity index (χ0) is 26.3. The Balaban J connectivity index is 1.72. The van der Waals surface area contributed by atoms with Crippen molar-refractivity contribution in [2.75, 3.05) is 0 Å². The van der Waals surface area contributed by atoms with Gasteiger partial charge in [0.2, 0.25) is 0 Å². The molecule has 1 atom stereocenters. The Morgan fingerprint density at radius 2 is 1.59 bits per heavy atom. The van der Waals surface area contributed by atoms with Crippen LogP contribution in [0.5, 0.6) is 0 Å². The average molecular weight is 495 g/mol. The molecule has 2 aromatic heterocycles. The molecule has 0 radical (unpaired) electrons. The number of fused-ring (bicyclic) bond motifs is 1. The number of nitrogens with zero attached hydrogens (tertiary/aromatic N) is 2. The van der Waals surface area contributed by atoms with Gasteiger partial charge < -0.3 is 9.67 Å². The zero-order valence-corrected chi connectivity index (χ0v) is 23.4. The fourth-order valence-corrected chi connectivity index (χ4v) is 6.05. The van der Waals surface area contributed by atoms with E-state index in [9.17, 15) is 5.11 Å². The Hall–Kier alpha value is -2.91. The monoisotopic (exact) mass is 494 g/mol. The number of aromatic nitrogens is 2. The summed E-state index contributed by atoms with van der Waals surface area (Å²) in [6.07, 6.45) is 8.88. The Morgan fingerprint density at radius 3 is 2.14 bits per heavy atom. The number of pyridine rings is 1. The number of hydrogen-bond acceptors (Lipinski definition) is 2. The number of rotatable bonds is 9. The highest BCUT2D eigenvalue weighted by Crippen LogP contribution is 2.55. The summed E-state index contributed by atoms with van der Waals surface area (Å²) < 4.78 is 2.29. The predicted octanol–water partition coefficient (Wildman–Crippen LogP) is 8.38. The topological polar surface area (TPSA) is 38.0 Å². The van der Waals surface area contributed by atoms with Crippen molar-refractivity contribution < 1.29 is 5.11 Å². The Morgan fingerprint density at radius 1 is 0.946 bits per heavy atom. The van der Waals surface area contributed by atoms with Crippen LogP contribution in [0.3, 0.4) is 0 Å². The molecule has 1 saturated carbocycles. The highest BCUT2D eigenvalue weighted by atomic mass is 16.3. The Labute approximate surface area is 222 Å². The van der Waals surface area contributed by atoms with Gasteiger partial charge in [0.05, 0.1) is 23.5 Å². The molecule has 1 aliphatic rings. The third-order valence-electron chi connectivity index (χ3n) is 8.44. The average Bonchev–Trinajstić information content (AvgIpc) is 3.62. The van der Waals surface area contributed by atoms with Gasteiger partial charge in [0, 0.05) is 28.2 Å². The lowest BCUT2D eigenvalue weighted by Gasteiger charge is -2.24. The zero-order valence-electron chi connectivity index (χ0n) is 23.4. The van der Waals surface area contributed by atoms with Crippen LogP contribution in [0, 0.1) is 5.92 Å². The molecule has 0 saturated heterocycles. The van der Waals surface area contributed by atoms with Gasteiger partial charge in [-0.05, 0) is 84.4 Å². The van der Waals surface area contributed by atoms with E-state index in [2.05, 4.69) is 107 Å². The van der Waals surface area contributed by atoms with Crippen LogP contribution in [0.2, 0.25) is 0 Å². The molecule has 3 heteroatoms. The van der Waals surface area contributed by atoms with Crippen molar-refractivity contribution in [1.29, 1.82) is 0 Å². The minimum absolute atomic E-state index is 0.165. The molecule has 194 valence electrons. The molecular weight excluding hydrogens is 452 g/mol. The van der Waals surface area contributed by atoms with Gasteiger partial charge in [0.25, 0.3) is 0 Å². The van der Waals surface area contributed by atoms with Crippen LogP contribution in [0.4, 0.5) is 0 Å². The fraction of sp³-hybridized carbons (Fsp3) is 0.441. The number of hydrogen-bond donors (Lipinski definition) is 1. The van der Waals surface area contributed by atoms with E-state index < -0.39 is 0 Å². The van der Waals surface area contributed by atoms with E-state index >= 15 is 0 Å². The first-order valence-electron chi connectivity index (χ1n) is 14.2. The second kappa shape index (κ2) is 10.1. The Kier molecular flexibility index (Phi) is 7.02. The van der Waals surface area contributed by atoms with Gasteiger partial charge in [-0.1, -0.05) is 71.9 Å². The summed E-state index contributed by atoms with van der Waals surface area (Å²) in [6, 6.07) is 17.9. The molecule has 0 bridgehead atoms. The van der Waals surface area contributed by atoms with Gasteiger partial charge in [-0.3, -0.25) is 4.98 Å². The normalized spacial score (nSPS) is 15.6. The van der Waals surface area contributed by atoms with Crippen LogP contribution in [0.15, 0.2) is 60.9 Å². The number of aliphatic hydroxyl groups is 1. The van der Waals surface area contributed by atoms with Gasteiger partial charge in [-0.2, -0.15) is 0 Å². The van der Waals surface area contributed by atoms with Gasteiger partial charge in [0.15, 0.2) is 0 Å². The molecule has 0 aliphatic heterocycles. The van der Waals surface area contributed by atoms with Crippen molar-refractivity contribution in [3.8, 4) is 16.9 Å². The summed E-state index contributed by atoms with van der Waals surface area (Å²) in [5.41, 5.74) is 9.73. The maximum Gasteiger partial charge on any atom is 0.0716 e. The van der Waals surface area contributed by atoms with Crippen LogP contribution in [-0.2, 0) is 18.3 Å². The number of aryl methyl sites for hydroxylation is 2. The van der Waals surface area contributed by atoms with E-state index in [0.29, 0.717) is 11.8 Å². The predicted molar refractivity (Wildman–Crippen MR) is 156 cm³/mol. The molecule has 1 unspecified atom stereocenters. The summed E-state index contributed by atoms with van der Waals surface area (Å²) in [5, 5.41) is 12.7. The summed E-state index contributed by atoms with van der Waals surface area (Å²) in [7, 11) is 0. The smallest absolute Gasteiger partial charge is 0.0716 e. The lowest BCUT2D eigenvalue weighted by molar-refractivity contribution is 0.109. The van der Waals surface area contributed by atoms with E-state index in [-0.39, 0.29) is 11.5 Å². The summed E-state index contributed by atoms with van der Waals surface area (Å²) in [6.45, 7) is 13.3. The van der Waals surface area contributed by atoms with Crippen molar-refractivity contribution in [1.82, 2.24) is 9.55 Å². The first-order chi connectivity index (χ1) is 17.8. The molecule has 3 nitrogen and oxygen atoms in total. The van der Waals surface area contributed by atoms with Crippen molar-refractivity contribution in [3.05, 3.63) is 83.2 Å². The lowest BCUT2D eigenvalue weighted by Crippen LogP contribution is -2.27. The molecule has 4 aromatic rings. The SMILES string of the molecule is CCc1cccc(CC)c1-c1cc2c(C3(C(O)CC(C)C)CC3)cn(-c3ccc(C(C)C)cc3)c2cn1. The molecule has 0 amide bonds. The molecule has 1 fully saturated rings. The third-order valence-corrected chi connectivity index (χ3v) is 8.44. The second-order valence-electron chi connectivity index (χ2n) is 11.7. The van der Waals surface area contributed by atoms with Gasteiger partial charge >= 0.3 is 0 Å². The van der Waals surface area contributed by atoms with Crippen LogP contribution in [0.1, 0.15) is 89.0 Å². The van der Waals surface area contributed by atoms with Crippen molar-refractivity contribution >= 4 is 10.9 Å². The molecule has 2 heterocycles. The fourth-order valence-electron chi connectivity index (χ4n) is 6.05. The lowest BCUT2D eigenvalue weighted by atomic mass is 9.85. The molecule has 5 rings (SSSR count). The van der Waals surface area contributed by atoms with Crippen molar-refractivity contribution in [2.24, 2.45) is 5.92 Å². The first kappa shape index (κ1) is 25.7. The van der Waals surface area contributed by atoms with Gasteiger partial charge in [0.1, 0.15) is 0 Å². The van der Waals surface area contributed by atoms with E-state index in [4.69, 9.17) is 4.98 Å². The maximum atomic E-state index is 11.4. The number of benzene rings is 2. The first-order valence-corrected chi connectivity index (χ1v) is 14.2. The largest absolute Gasteiger partial charge is 0.392 e. The highest BCUT2D eigenvalue weighted by molar-refractivity contribution is 5.90. The van der Waals surface area contributed by atoms with E-state index in [1.165, 1.54) is 33.2 Å². The minimum atomic E-state index is -0.333. The molecule has 1 N–H and O–H groups in total. The third kappa shape index (κ3) is 4.63. The quantitative estimate of drug-likeness (QED) is 0.254. The number of aliphatic hydroxyl groups excluding tert-OH is 1. The molecule has 2 aromatic carbocycles. The molecular formula is C34H42N2O. The summed E-state index contributed by atoms with van der Waals surface area (Å²) in [5.74, 6) is 0.965. The molecule has 37 heavy (non-hydrogen) atoms.